The molecule has 0 amide bonds. The van der Waals surface area contributed by atoms with Crippen molar-refractivity contribution in [1.29, 1.82) is 0 Å². The fourth-order valence-electron chi connectivity index (χ4n) is 3.03. The Kier molecular flexibility index (Phi) is 5.79. The average molecular weight is 310 g/mol. The van der Waals surface area contributed by atoms with Gasteiger partial charge in [0.1, 0.15) is 0 Å². The van der Waals surface area contributed by atoms with Gasteiger partial charge in [0.2, 0.25) is 10.0 Å². The maximum Gasteiger partial charge on any atom is 0.240 e. The van der Waals surface area contributed by atoms with Crippen LogP contribution in [0.3, 0.4) is 0 Å². The van der Waals surface area contributed by atoms with Crippen molar-refractivity contribution in [2.45, 2.75) is 50.0 Å². The van der Waals surface area contributed by atoms with Gasteiger partial charge in [0.15, 0.2) is 0 Å². The van der Waals surface area contributed by atoms with Gasteiger partial charge in [0.25, 0.3) is 0 Å². The van der Waals surface area contributed by atoms with Gasteiger partial charge < -0.3 is 5.32 Å². The molecule has 1 aromatic carbocycles. The van der Waals surface area contributed by atoms with Crippen molar-refractivity contribution in [3.8, 4) is 0 Å². The van der Waals surface area contributed by atoms with Gasteiger partial charge in [0, 0.05) is 12.6 Å². The van der Waals surface area contributed by atoms with Gasteiger partial charge in [0.05, 0.1) is 4.90 Å². The van der Waals surface area contributed by atoms with Gasteiger partial charge in [-0.15, -0.1) is 0 Å². The fraction of sp³-hybridized carbons (Fsp3) is 0.625. The van der Waals surface area contributed by atoms with Crippen molar-refractivity contribution in [3.63, 3.8) is 0 Å². The first-order chi connectivity index (χ1) is 10.1. The normalized spacial score (nSPS) is 18.0. The highest BCUT2D eigenvalue weighted by molar-refractivity contribution is 7.89. The summed E-state index contributed by atoms with van der Waals surface area (Å²) in [4.78, 5) is 0.367. The van der Waals surface area contributed by atoms with E-state index < -0.39 is 10.0 Å². The monoisotopic (exact) mass is 310 g/mol. The third-order valence-corrected chi connectivity index (χ3v) is 5.79. The zero-order valence-electron chi connectivity index (χ0n) is 12.9. The Morgan fingerprint density at radius 3 is 2.62 bits per heavy atom. The fourth-order valence-corrected chi connectivity index (χ4v) is 4.20. The zero-order valence-corrected chi connectivity index (χ0v) is 13.7. The first-order valence-electron chi connectivity index (χ1n) is 7.83. The number of hydrogen-bond acceptors (Lipinski definition) is 3. The Bertz CT molecular complexity index is 547. The van der Waals surface area contributed by atoms with E-state index in [4.69, 9.17) is 0 Å². The Balaban J connectivity index is 2.09. The molecule has 4 nitrogen and oxygen atoms in total. The minimum Gasteiger partial charge on any atom is -0.313 e. The van der Waals surface area contributed by atoms with E-state index in [-0.39, 0.29) is 6.04 Å². The molecular weight excluding hydrogens is 284 g/mol. The molecular formula is C16H26N2O2S. The lowest BCUT2D eigenvalue weighted by molar-refractivity contribution is 0.519. The van der Waals surface area contributed by atoms with Gasteiger partial charge in [-0.25, -0.2) is 13.1 Å². The smallest absolute Gasteiger partial charge is 0.240 e. The molecule has 2 rings (SSSR count). The molecule has 1 aliphatic carbocycles. The van der Waals surface area contributed by atoms with E-state index in [0.717, 1.165) is 24.8 Å². The molecule has 1 aliphatic rings. The van der Waals surface area contributed by atoms with Crippen molar-refractivity contribution in [2.75, 3.05) is 13.6 Å². The molecule has 0 aliphatic heterocycles. The van der Waals surface area contributed by atoms with E-state index in [1.807, 2.05) is 19.2 Å². The highest BCUT2D eigenvalue weighted by atomic mass is 32.2. The second-order valence-corrected chi connectivity index (χ2v) is 7.59. The van der Waals surface area contributed by atoms with Crippen LogP contribution in [0.5, 0.6) is 0 Å². The van der Waals surface area contributed by atoms with Crippen LogP contribution in [-0.4, -0.2) is 22.0 Å². The Morgan fingerprint density at radius 1 is 1.29 bits per heavy atom. The van der Waals surface area contributed by atoms with E-state index >= 15 is 0 Å². The molecule has 5 heteroatoms. The van der Waals surface area contributed by atoms with Gasteiger partial charge in [-0.3, -0.25) is 0 Å². The van der Waals surface area contributed by atoms with Gasteiger partial charge in [-0.2, -0.15) is 0 Å². The molecule has 0 saturated heterocycles. The second kappa shape index (κ2) is 7.38. The van der Waals surface area contributed by atoms with Gasteiger partial charge in [-0.05, 0) is 49.9 Å². The third kappa shape index (κ3) is 4.28. The third-order valence-electron chi connectivity index (χ3n) is 4.36. The Morgan fingerprint density at radius 2 is 2.00 bits per heavy atom. The minimum atomic E-state index is -3.40. The molecule has 1 unspecified atom stereocenters. The van der Waals surface area contributed by atoms with Gasteiger partial charge in [-0.1, -0.05) is 31.9 Å². The lowest BCUT2D eigenvalue weighted by Gasteiger charge is -2.16. The molecule has 0 bridgehead atoms. The molecule has 0 heterocycles. The van der Waals surface area contributed by atoms with Crippen LogP contribution in [0, 0.1) is 5.92 Å². The van der Waals surface area contributed by atoms with Crippen molar-refractivity contribution < 1.29 is 8.42 Å². The molecule has 2 N–H and O–H groups in total. The molecule has 1 saturated carbocycles. The van der Waals surface area contributed by atoms with Crippen LogP contribution in [0.25, 0.3) is 0 Å². The molecule has 21 heavy (non-hydrogen) atoms. The van der Waals surface area contributed by atoms with Crippen LogP contribution >= 0.6 is 0 Å². The molecule has 1 atom stereocenters. The van der Waals surface area contributed by atoms with Crippen LogP contribution in [0.4, 0.5) is 0 Å². The number of nitrogens with one attached hydrogen (secondary N) is 2. The summed E-state index contributed by atoms with van der Waals surface area (Å²) in [5.74, 6) is 0.503. The summed E-state index contributed by atoms with van der Waals surface area (Å²) in [5.41, 5.74) is 1.02. The summed E-state index contributed by atoms with van der Waals surface area (Å²) in [6, 6.07) is 7.43. The van der Waals surface area contributed by atoms with Crippen molar-refractivity contribution in [2.24, 2.45) is 5.92 Å². The lowest BCUT2D eigenvalue weighted by Crippen LogP contribution is -2.28. The van der Waals surface area contributed by atoms with Crippen molar-refractivity contribution in [3.05, 3.63) is 29.8 Å². The van der Waals surface area contributed by atoms with Gasteiger partial charge >= 0.3 is 0 Å². The number of hydrogen-bond donors (Lipinski definition) is 2. The van der Waals surface area contributed by atoms with Crippen molar-refractivity contribution in [1.82, 2.24) is 10.0 Å². The SMILES string of the molecule is CCC(NC)c1cccc(S(=O)(=O)NCC2CCCC2)c1. The van der Waals surface area contributed by atoms with E-state index in [1.54, 1.807) is 12.1 Å². The highest BCUT2D eigenvalue weighted by Crippen LogP contribution is 2.25. The van der Waals surface area contributed by atoms with Crippen LogP contribution in [0.15, 0.2) is 29.2 Å². The van der Waals surface area contributed by atoms with E-state index in [1.165, 1.54) is 12.8 Å². The first kappa shape index (κ1) is 16.5. The van der Waals surface area contributed by atoms with E-state index in [0.29, 0.717) is 17.4 Å². The van der Waals surface area contributed by atoms with Crippen LogP contribution in [-0.2, 0) is 10.0 Å². The highest BCUT2D eigenvalue weighted by Gasteiger charge is 2.20. The van der Waals surface area contributed by atoms with E-state index in [2.05, 4.69) is 17.0 Å². The number of rotatable bonds is 7. The quantitative estimate of drug-likeness (QED) is 0.814. The number of benzene rings is 1. The molecule has 0 aromatic heterocycles. The number of sulfonamides is 1. The zero-order chi connectivity index (χ0) is 15.3. The second-order valence-electron chi connectivity index (χ2n) is 5.82. The summed E-state index contributed by atoms with van der Waals surface area (Å²) >= 11 is 0. The lowest BCUT2D eigenvalue weighted by atomic mass is 10.1. The molecule has 0 spiro atoms. The average Bonchev–Trinajstić information content (AvgIpc) is 3.00. The van der Waals surface area contributed by atoms with Crippen molar-refractivity contribution >= 4 is 10.0 Å². The van der Waals surface area contributed by atoms with E-state index in [9.17, 15) is 8.42 Å². The van der Waals surface area contributed by atoms with Crippen LogP contribution in [0.2, 0.25) is 0 Å². The molecule has 1 aromatic rings. The van der Waals surface area contributed by atoms with Crippen LogP contribution in [0.1, 0.15) is 50.6 Å². The summed E-state index contributed by atoms with van der Waals surface area (Å²) in [6.45, 7) is 2.65. The standard InChI is InChI=1S/C16H26N2O2S/c1-3-16(17-2)14-9-6-10-15(11-14)21(19,20)18-12-13-7-4-5-8-13/h6,9-11,13,16-18H,3-5,7-8,12H2,1-2H3. The summed E-state index contributed by atoms with van der Waals surface area (Å²) in [7, 11) is -1.50. The minimum absolute atomic E-state index is 0.190. The molecule has 118 valence electrons. The predicted molar refractivity (Wildman–Crippen MR) is 85.7 cm³/mol. The largest absolute Gasteiger partial charge is 0.313 e. The first-order valence-corrected chi connectivity index (χ1v) is 9.32. The van der Waals surface area contributed by atoms with Crippen LogP contribution < -0.4 is 10.0 Å². The summed E-state index contributed by atoms with van der Waals surface area (Å²) in [6.07, 6.45) is 5.65. The molecule has 0 radical (unpaired) electrons. The predicted octanol–water partition coefficient (Wildman–Crippen LogP) is 2.83. The Labute approximate surface area is 128 Å². The maximum absolute atomic E-state index is 12.4. The summed E-state index contributed by atoms with van der Waals surface area (Å²) in [5, 5.41) is 3.21. The maximum atomic E-state index is 12.4. The summed E-state index contributed by atoms with van der Waals surface area (Å²) < 4.78 is 27.6. The molecule has 1 fully saturated rings. The Hall–Kier alpha value is -0.910. The topological polar surface area (TPSA) is 58.2 Å².